The van der Waals surface area contributed by atoms with Crippen LogP contribution in [0.4, 0.5) is 0 Å². The molecule has 0 aliphatic heterocycles. The first-order valence-corrected chi connectivity index (χ1v) is 9.67. The minimum absolute atomic E-state index is 0.0302. The number of aromatic hydroxyl groups is 3. The molecule has 0 amide bonds. The highest BCUT2D eigenvalue weighted by atomic mass is 16.3. The maximum Gasteiger partial charge on any atom is 0.201 e. The van der Waals surface area contributed by atoms with E-state index in [2.05, 4.69) is 0 Å². The predicted molar refractivity (Wildman–Crippen MR) is 109 cm³/mol. The molecule has 7 nitrogen and oxygen atoms in total. The third-order valence-electron chi connectivity index (χ3n) is 5.87. The van der Waals surface area contributed by atoms with E-state index in [-0.39, 0.29) is 24.1 Å². The third kappa shape index (κ3) is 2.07. The second-order valence-corrected chi connectivity index (χ2v) is 7.72. The Bertz CT molecular complexity index is 1380. The van der Waals surface area contributed by atoms with E-state index in [9.17, 15) is 15.3 Å². The van der Waals surface area contributed by atoms with Crippen molar-refractivity contribution >= 4 is 17.1 Å². The maximum absolute atomic E-state index is 11.0. The summed E-state index contributed by atoms with van der Waals surface area (Å²) < 4.78 is 5.44. The number of para-hydroxylation sites is 2. The van der Waals surface area contributed by atoms with Gasteiger partial charge in [-0.1, -0.05) is 30.4 Å². The van der Waals surface area contributed by atoms with Crippen molar-refractivity contribution in [2.45, 2.75) is 26.3 Å². The molecule has 29 heavy (non-hydrogen) atoms. The number of fused-ring (bicyclic) bond motifs is 5. The molecule has 0 atom stereocenters. The van der Waals surface area contributed by atoms with E-state index in [0.29, 0.717) is 23.2 Å². The van der Waals surface area contributed by atoms with E-state index in [0.717, 1.165) is 28.6 Å². The zero-order chi connectivity index (χ0) is 19.9. The number of allylic oxidation sites excluding steroid dienone is 1. The Hall–Kier alpha value is -3.74. The van der Waals surface area contributed by atoms with Crippen LogP contribution in [0.25, 0.3) is 22.8 Å². The van der Waals surface area contributed by atoms with Crippen LogP contribution < -0.4 is 0 Å². The van der Waals surface area contributed by atoms with E-state index >= 15 is 0 Å². The van der Waals surface area contributed by atoms with Crippen LogP contribution in [0.5, 0.6) is 17.5 Å². The number of nitrogens with zero attached hydrogens (tertiary/aromatic N) is 4. The van der Waals surface area contributed by atoms with Crippen molar-refractivity contribution < 1.29 is 15.3 Å². The number of aryl methyl sites for hydroxylation is 1. The molecule has 0 bridgehead atoms. The van der Waals surface area contributed by atoms with Crippen LogP contribution in [0, 0.1) is 6.92 Å². The number of phenols is 1. The molecule has 0 unspecified atom stereocenters. The van der Waals surface area contributed by atoms with E-state index in [4.69, 9.17) is 0 Å². The smallest absolute Gasteiger partial charge is 0.201 e. The van der Waals surface area contributed by atoms with Gasteiger partial charge in [0.1, 0.15) is 22.5 Å². The van der Waals surface area contributed by atoms with Crippen LogP contribution >= 0.6 is 0 Å². The molecule has 0 saturated heterocycles. The number of phenolic OH excluding ortho intramolecular Hbond substituents is 1. The molecule has 7 heteroatoms. The molecule has 0 radical (unpaired) electrons. The topological polar surface area (TPSA) is 79.4 Å². The maximum atomic E-state index is 11.0. The van der Waals surface area contributed by atoms with Gasteiger partial charge in [-0.3, -0.25) is 4.57 Å². The average Bonchev–Trinajstić information content (AvgIpc) is 3.33. The number of rotatable bonds is 3. The van der Waals surface area contributed by atoms with Crippen LogP contribution in [-0.4, -0.2) is 33.9 Å². The van der Waals surface area contributed by atoms with Gasteiger partial charge in [0.2, 0.25) is 5.88 Å². The Labute approximate surface area is 165 Å². The van der Waals surface area contributed by atoms with Crippen molar-refractivity contribution in [1.29, 1.82) is 0 Å². The van der Waals surface area contributed by atoms with Gasteiger partial charge in [-0.2, -0.15) is 0 Å². The Morgan fingerprint density at radius 2 is 1.69 bits per heavy atom. The average molecular weight is 388 g/mol. The van der Waals surface area contributed by atoms with Crippen molar-refractivity contribution in [3.63, 3.8) is 0 Å². The number of hydrogen-bond donors (Lipinski definition) is 3. The summed E-state index contributed by atoms with van der Waals surface area (Å²) in [6.07, 6.45) is 5.37. The monoisotopic (exact) mass is 388 g/mol. The number of benzene rings is 2. The highest BCUT2D eigenvalue weighted by Crippen LogP contribution is 2.40. The normalized spacial score (nSPS) is 13.8. The van der Waals surface area contributed by atoms with E-state index in [1.807, 2.05) is 69.5 Å². The van der Waals surface area contributed by atoms with Crippen LogP contribution in [0.2, 0.25) is 0 Å². The lowest BCUT2D eigenvalue weighted by Gasteiger charge is -2.12. The molecule has 2 aromatic carbocycles. The fourth-order valence-corrected chi connectivity index (χ4v) is 4.44. The summed E-state index contributed by atoms with van der Waals surface area (Å²) in [7, 11) is 0. The standard InChI is InChI=1S/C22H20N4O3/c1-13-10-14(12-23-21(28)15-6-2-3-7-16(15)22(23)29)20(27)19(11-13)26-24-17-8-4-5-9-18(17)25(24)26/h2,4-6,8-11,27-29H,3,7,12H2,1H3. The van der Waals surface area contributed by atoms with Gasteiger partial charge in [-0.15, -0.1) is 14.1 Å². The predicted octanol–water partition coefficient (Wildman–Crippen LogP) is 3.65. The minimum Gasteiger partial charge on any atom is -0.505 e. The first-order chi connectivity index (χ1) is 14.1. The molecule has 1 aliphatic carbocycles. The van der Waals surface area contributed by atoms with E-state index < -0.39 is 0 Å². The molecule has 0 saturated carbocycles. The van der Waals surface area contributed by atoms with Crippen LogP contribution in [0.3, 0.4) is 0 Å². The van der Waals surface area contributed by atoms with Crippen molar-refractivity contribution in [2.24, 2.45) is 0 Å². The molecular formula is C22H20N4O3. The summed E-state index contributed by atoms with van der Waals surface area (Å²) in [4.78, 5) is 1.92. The highest BCUT2D eigenvalue weighted by Gasteiger charge is 2.27. The van der Waals surface area contributed by atoms with E-state index in [1.165, 1.54) is 4.57 Å². The Kier molecular flexibility index (Phi) is 3.03. The summed E-state index contributed by atoms with van der Waals surface area (Å²) in [5.41, 5.74) is 5.91. The lowest BCUT2D eigenvalue weighted by atomic mass is 10.0. The SMILES string of the molecule is Cc1cc(Cn2c(O)c3c(c2O)CCC=C3)c(O)c(-n2n3c4ccccc4n23)c1. The summed E-state index contributed by atoms with van der Waals surface area (Å²) >= 11 is 0. The molecule has 1 aliphatic rings. The molecule has 3 aromatic heterocycles. The van der Waals surface area contributed by atoms with Gasteiger partial charge >= 0.3 is 0 Å². The van der Waals surface area contributed by atoms with E-state index in [1.54, 1.807) is 0 Å². The summed E-state index contributed by atoms with van der Waals surface area (Å²) in [6, 6.07) is 11.9. The molecule has 3 heterocycles. The number of aromatic nitrogens is 4. The molecule has 0 fully saturated rings. The molecule has 3 N–H and O–H groups in total. The zero-order valence-corrected chi connectivity index (χ0v) is 15.9. The van der Waals surface area contributed by atoms with Crippen LogP contribution in [-0.2, 0) is 13.0 Å². The molecule has 5 aromatic rings. The Balaban J connectivity index is 1.46. The molecular weight excluding hydrogens is 368 g/mol. The van der Waals surface area contributed by atoms with Gasteiger partial charge in [-0.05, 0) is 43.5 Å². The van der Waals surface area contributed by atoms with Crippen LogP contribution in [0.1, 0.15) is 28.7 Å². The summed E-state index contributed by atoms with van der Waals surface area (Å²) in [6.45, 7) is 2.15. The fraction of sp³-hybridized carbons (Fsp3) is 0.182. The lowest BCUT2D eigenvalue weighted by Crippen LogP contribution is -2.02. The van der Waals surface area contributed by atoms with Gasteiger partial charge < -0.3 is 15.3 Å². The van der Waals surface area contributed by atoms with Crippen molar-refractivity contribution in [3.05, 3.63) is 64.7 Å². The summed E-state index contributed by atoms with van der Waals surface area (Å²) in [5.74, 6) is 0.232. The second-order valence-electron chi connectivity index (χ2n) is 7.72. The van der Waals surface area contributed by atoms with Crippen molar-refractivity contribution in [3.8, 4) is 23.2 Å². The van der Waals surface area contributed by atoms with Gasteiger partial charge in [0.05, 0.1) is 6.54 Å². The summed E-state index contributed by atoms with van der Waals surface area (Å²) in [5, 5.41) is 32.3. The fourth-order valence-electron chi connectivity index (χ4n) is 4.44. The number of hydrogen-bond acceptors (Lipinski definition) is 3. The molecule has 146 valence electrons. The Morgan fingerprint density at radius 1 is 0.966 bits per heavy atom. The molecule has 6 rings (SSSR count). The van der Waals surface area contributed by atoms with Crippen molar-refractivity contribution in [1.82, 2.24) is 18.6 Å². The van der Waals surface area contributed by atoms with Gasteiger partial charge in [0.25, 0.3) is 0 Å². The zero-order valence-electron chi connectivity index (χ0n) is 15.9. The highest BCUT2D eigenvalue weighted by molar-refractivity contribution is 5.79. The lowest BCUT2D eigenvalue weighted by molar-refractivity contribution is 0.372. The van der Waals surface area contributed by atoms with Crippen LogP contribution in [0.15, 0.2) is 42.5 Å². The Morgan fingerprint density at radius 3 is 2.38 bits per heavy atom. The largest absolute Gasteiger partial charge is 0.505 e. The van der Waals surface area contributed by atoms with Gasteiger partial charge in [0.15, 0.2) is 5.88 Å². The molecule has 0 spiro atoms. The van der Waals surface area contributed by atoms with Gasteiger partial charge in [-0.25, -0.2) is 0 Å². The first kappa shape index (κ1) is 16.2. The quantitative estimate of drug-likeness (QED) is 0.441. The third-order valence-corrected chi connectivity index (χ3v) is 5.87. The van der Waals surface area contributed by atoms with Crippen molar-refractivity contribution in [2.75, 3.05) is 0 Å². The minimum atomic E-state index is 0.0302. The first-order valence-electron chi connectivity index (χ1n) is 9.67. The van der Waals surface area contributed by atoms with Gasteiger partial charge in [0, 0.05) is 16.7 Å². The second kappa shape index (κ2) is 5.41.